The predicted molar refractivity (Wildman–Crippen MR) is 49.8 cm³/mol. The number of rotatable bonds is 5. The molecule has 0 saturated heterocycles. The molecule has 6 heteroatoms. The summed E-state index contributed by atoms with van der Waals surface area (Å²) < 4.78 is 0. The van der Waals surface area contributed by atoms with Gasteiger partial charge in [-0.05, 0) is 12.5 Å². The van der Waals surface area contributed by atoms with Crippen molar-refractivity contribution in [1.29, 1.82) is 0 Å². The molecule has 0 bridgehead atoms. The van der Waals surface area contributed by atoms with Crippen LogP contribution in [0.1, 0.15) is 12.8 Å². The quantitative estimate of drug-likeness (QED) is 0.463. The molecule has 3 amide bonds. The molecule has 0 spiro atoms. The van der Waals surface area contributed by atoms with Gasteiger partial charge >= 0.3 is 0 Å². The Morgan fingerprint density at radius 2 is 2.00 bits per heavy atom. The number of nitrogens with two attached hydrogens (primary N) is 2. The van der Waals surface area contributed by atoms with Crippen LogP contribution in [0.5, 0.6) is 0 Å². The lowest BCUT2D eigenvalue weighted by Gasteiger charge is -2.08. The fourth-order valence-corrected chi connectivity index (χ4v) is 0.694. The second-order valence-electron chi connectivity index (χ2n) is 2.67. The Bertz CT molecular complexity index is 263. The lowest BCUT2D eigenvalue weighted by molar-refractivity contribution is -0.129. The maximum atomic E-state index is 11.1. The van der Waals surface area contributed by atoms with E-state index in [1.807, 2.05) is 5.32 Å². The minimum atomic E-state index is -0.911. The highest BCUT2D eigenvalue weighted by atomic mass is 16.2. The molecular weight excluding hydrogens is 186 g/mol. The number of amides is 3. The van der Waals surface area contributed by atoms with E-state index in [0.717, 1.165) is 6.08 Å². The minimum absolute atomic E-state index is 0.0108. The molecule has 6 nitrogen and oxygen atoms in total. The van der Waals surface area contributed by atoms with Gasteiger partial charge in [0, 0.05) is 6.42 Å². The summed E-state index contributed by atoms with van der Waals surface area (Å²) in [5.74, 6) is -1.80. The zero-order valence-electron chi connectivity index (χ0n) is 7.66. The van der Waals surface area contributed by atoms with Crippen molar-refractivity contribution < 1.29 is 14.4 Å². The normalized spacial score (nSPS) is 11.5. The molecule has 0 aliphatic rings. The highest BCUT2D eigenvalue weighted by Gasteiger charge is 2.15. The summed E-state index contributed by atoms with van der Waals surface area (Å²) in [5, 5.41) is 1.98. The number of hydrogen-bond acceptors (Lipinski definition) is 4. The number of primary amides is 1. The average molecular weight is 199 g/mol. The highest BCUT2D eigenvalue weighted by molar-refractivity contribution is 6.02. The van der Waals surface area contributed by atoms with Crippen LogP contribution < -0.4 is 16.8 Å². The Morgan fingerprint density at radius 1 is 1.43 bits per heavy atom. The van der Waals surface area contributed by atoms with Gasteiger partial charge in [-0.3, -0.25) is 19.7 Å². The van der Waals surface area contributed by atoms with E-state index in [0.29, 0.717) is 0 Å². The molecule has 0 saturated carbocycles. The zero-order valence-corrected chi connectivity index (χ0v) is 7.66. The summed E-state index contributed by atoms with van der Waals surface area (Å²) in [6.45, 7) is 3.17. The summed E-state index contributed by atoms with van der Waals surface area (Å²) in [6.07, 6.45) is 1.08. The molecule has 1 atom stereocenters. The van der Waals surface area contributed by atoms with Crippen molar-refractivity contribution in [1.82, 2.24) is 5.32 Å². The van der Waals surface area contributed by atoms with Crippen LogP contribution in [0.2, 0.25) is 0 Å². The van der Waals surface area contributed by atoms with Crippen molar-refractivity contribution in [3.63, 3.8) is 0 Å². The number of hydrogen-bond donors (Lipinski definition) is 3. The molecule has 1 unspecified atom stereocenters. The van der Waals surface area contributed by atoms with Crippen LogP contribution in [0.25, 0.3) is 0 Å². The van der Waals surface area contributed by atoms with Gasteiger partial charge in [-0.15, -0.1) is 0 Å². The Hall–Kier alpha value is -1.69. The van der Waals surface area contributed by atoms with E-state index in [9.17, 15) is 14.4 Å². The smallest absolute Gasteiger partial charge is 0.249 e. The Balaban J connectivity index is 3.93. The van der Waals surface area contributed by atoms with Crippen LogP contribution in [0.3, 0.4) is 0 Å². The second kappa shape index (κ2) is 5.87. The molecule has 0 rings (SSSR count). The first-order valence-corrected chi connectivity index (χ1v) is 3.98. The van der Waals surface area contributed by atoms with Gasteiger partial charge in [0.05, 0.1) is 6.04 Å². The van der Waals surface area contributed by atoms with Gasteiger partial charge in [-0.2, -0.15) is 0 Å². The summed E-state index contributed by atoms with van der Waals surface area (Å²) >= 11 is 0. The second-order valence-corrected chi connectivity index (χ2v) is 2.67. The number of carbonyl (C=O) groups excluding carboxylic acids is 3. The molecule has 0 aromatic carbocycles. The van der Waals surface area contributed by atoms with Gasteiger partial charge in [-0.25, -0.2) is 0 Å². The lowest BCUT2D eigenvalue weighted by atomic mass is 10.1. The van der Waals surface area contributed by atoms with Crippen molar-refractivity contribution in [2.45, 2.75) is 18.9 Å². The molecule has 0 aromatic heterocycles. The molecule has 0 radical (unpaired) electrons. The SMILES string of the molecule is C=CC(=O)NC(=O)C(N)CCC(N)=O. The van der Waals surface area contributed by atoms with Gasteiger partial charge in [0.25, 0.3) is 0 Å². The van der Waals surface area contributed by atoms with Crippen LogP contribution in [0.15, 0.2) is 12.7 Å². The van der Waals surface area contributed by atoms with E-state index in [2.05, 4.69) is 6.58 Å². The van der Waals surface area contributed by atoms with Crippen molar-refractivity contribution in [2.75, 3.05) is 0 Å². The summed E-state index contributed by atoms with van der Waals surface area (Å²) in [4.78, 5) is 32.1. The van der Waals surface area contributed by atoms with Crippen LogP contribution >= 0.6 is 0 Å². The van der Waals surface area contributed by atoms with E-state index >= 15 is 0 Å². The van der Waals surface area contributed by atoms with Crippen LogP contribution in [0.4, 0.5) is 0 Å². The maximum Gasteiger partial charge on any atom is 0.249 e. The van der Waals surface area contributed by atoms with Gasteiger partial charge in [-0.1, -0.05) is 6.58 Å². The van der Waals surface area contributed by atoms with E-state index in [-0.39, 0.29) is 12.8 Å². The van der Waals surface area contributed by atoms with Crippen LogP contribution in [0, 0.1) is 0 Å². The summed E-state index contributed by atoms with van der Waals surface area (Å²) in [7, 11) is 0. The highest BCUT2D eigenvalue weighted by Crippen LogP contribution is 1.93. The monoisotopic (exact) mass is 199 g/mol. The fourth-order valence-electron chi connectivity index (χ4n) is 0.694. The van der Waals surface area contributed by atoms with E-state index in [1.165, 1.54) is 0 Å². The van der Waals surface area contributed by atoms with Crippen LogP contribution in [-0.2, 0) is 14.4 Å². The molecule has 0 aliphatic heterocycles. The molecule has 0 aromatic rings. The van der Waals surface area contributed by atoms with Crippen molar-refractivity contribution >= 4 is 17.7 Å². The molecule has 14 heavy (non-hydrogen) atoms. The maximum absolute atomic E-state index is 11.1. The van der Waals surface area contributed by atoms with Crippen LogP contribution in [-0.4, -0.2) is 23.8 Å². The fraction of sp³-hybridized carbons (Fsp3) is 0.375. The predicted octanol–water partition coefficient (Wildman–Crippen LogP) is -1.59. The molecule has 0 heterocycles. The van der Waals surface area contributed by atoms with Gasteiger partial charge in [0.1, 0.15) is 0 Å². The molecule has 78 valence electrons. The van der Waals surface area contributed by atoms with Crippen molar-refractivity contribution in [3.8, 4) is 0 Å². The van der Waals surface area contributed by atoms with Crippen molar-refractivity contribution in [3.05, 3.63) is 12.7 Å². The molecule has 5 N–H and O–H groups in total. The van der Waals surface area contributed by atoms with Gasteiger partial charge in [0.2, 0.25) is 17.7 Å². The van der Waals surface area contributed by atoms with E-state index < -0.39 is 23.8 Å². The summed E-state index contributed by atoms with van der Waals surface area (Å²) in [6, 6.07) is -0.911. The third-order valence-electron chi connectivity index (χ3n) is 1.47. The Kier molecular flexibility index (Phi) is 5.16. The molecular formula is C8H13N3O3. The Labute approximate surface area is 81.3 Å². The third-order valence-corrected chi connectivity index (χ3v) is 1.47. The topological polar surface area (TPSA) is 115 Å². The average Bonchev–Trinajstić information content (AvgIpc) is 2.13. The first-order chi connectivity index (χ1) is 6.47. The standard InChI is InChI=1S/C8H13N3O3/c1-2-7(13)11-8(14)5(9)3-4-6(10)12/h2,5H,1,3-4,9H2,(H2,10,12)(H,11,13,14). The largest absolute Gasteiger partial charge is 0.370 e. The van der Waals surface area contributed by atoms with E-state index in [1.54, 1.807) is 0 Å². The van der Waals surface area contributed by atoms with E-state index in [4.69, 9.17) is 11.5 Å². The molecule has 0 aliphatic carbocycles. The first-order valence-electron chi connectivity index (χ1n) is 3.98. The van der Waals surface area contributed by atoms with Gasteiger partial charge in [0.15, 0.2) is 0 Å². The summed E-state index contributed by atoms with van der Waals surface area (Å²) in [5.41, 5.74) is 10.2. The minimum Gasteiger partial charge on any atom is -0.370 e. The molecule has 0 fully saturated rings. The Morgan fingerprint density at radius 3 is 2.43 bits per heavy atom. The zero-order chi connectivity index (χ0) is 11.1. The van der Waals surface area contributed by atoms with Crippen molar-refractivity contribution in [2.24, 2.45) is 11.5 Å². The number of imide groups is 1. The third kappa shape index (κ3) is 5.04. The number of nitrogens with one attached hydrogen (secondary N) is 1. The lowest BCUT2D eigenvalue weighted by Crippen LogP contribution is -2.43. The first kappa shape index (κ1) is 12.3. The van der Waals surface area contributed by atoms with Gasteiger partial charge < -0.3 is 11.5 Å². The number of carbonyl (C=O) groups is 3.